The first kappa shape index (κ1) is 11.4. The van der Waals surface area contributed by atoms with Gasteiger partial charge in [-0.05, 0) is 24.7 Å². The summed E-state index contributed by atoms with van der Waals surface area (Å²) in [5.41, 5.74) is 2.57. The van der Waals surface area contributed by atoms with Gasteiger partial charge in [0.15, 0.2) is 0 Å². The third-order valence-electron chi connectivity index (χ3n) is 2.64. The highest BCUT2D eigenvalue weighted by Gasteiger charge is 2.03. The monoisotopic (exact) mass is 230 g/mol. The zero-order valence-corrected chi connectivity index (χ0v) is 9.66. The van der Waals surface area contributed by atoms with Crippen LogP contribution in [-0.4, -0.2) is 28.5 Å². The molecule has 88 valence electrons. The summed E-state index contributed by atoms with van der Waals surface area (Å²) in [5, 5.41) is 8.50. The van der Waals surface area contributed by atoms with E-state index < -0.39 is 0 Å². The Morgan fingerprint density at radius 1 is 1.35 bits per heavy atom. The normalized spacial score (nSPS) is 10.9. The fourth-order valence-electron chi connectivity index (χ4n) is 1.81. The average Bonchev–Trinajstić information content (AvgIpc) is 2.65. The van der Waals surface area contributed by atoms with E-state index in [1.807, 2.05) is 25.2 Å². The Morgan fingerprint density at radius 3 is 2.88 bits per heavy atom. The average molecular weight is 230 g/mol. The summed E-state index contributed by atoms with van der Waals surface area (Å²) >= 11 is 0. The van der Waals surface area contributed by atoms with Crippen molar-refractivity contribution >= 4 is 11.0 Å². The van der Waals surface area contributed by atoms with Crippen LogP contribution >= 0.6 is 0 Å². The van der Waals surface area contributed by atoms with Gasteiger partial charge in [-0.25, -0.2) is 4.79 Å². The molecule has 0 fully saturated rings. The van der Waals surface area contributed by atoms with E-state index in [1.54, 1.807) is 0 Å². The van der Waals surface area contributed by atoms with Crippen molar-refractivity contribution in [1.29, 1.82) is 5.26 Å². The molecule has 0 saturated carbocycles. The third-order valence-corrected chi connectivity index (χ3v) is 2.64. The van der Waals surface area contributed by atoms with E-state index in [9.17, 15) is 4.79 Å². The van der Waals surface area contributed by atoms with Gasteiger partial charge >= 0.3 is 5.69 Å². The lowest BCUT2D eigenvalue weighted by atomic mass is 10.2. The quantitative estimate of drug-likeness (QED) is 0.828. The van der Waals surface area contributed by atoms with Crippen LogP contribution in [-0.2, 0) is 6.54 Å². The molecule has 0 saturated heterocycles. The molecular formula is C12H14N4O. The van der Waals surface area contributed by atoms with E-state index in [-0.39, 0.29) is 5.69 Å². The molecule has 5 nitrogen and oxygen atoms in total. The van der Waals surface area contributed by atoms with Crippen molar-refractivity contribution < 1.29 is 0 Å². The number of nitrogens with zero attached hydrogens (tertiary/aromatic N) is 2. The summed E-state index contributed by atoms with van der Waals surface area (Å²) < 4.78 is 0. The molecule has 5 heteroatoms. The van der Waals surface area contributed by atoms with E-state index in [4.69, 9.17) is 5.26 Å². The van der Waals surface area contributed by atoms with Gasteiger partial charge in [0, 0.05) is 19.5 Å². The van der Waals surface area contributed by atoms with Gasteiger partial charge in [0.2, 0.25) is 0 Å². The molecule has 0 aliphatic heterocycles. The molecule has 0 aliphatic carbocycles. The molecule has 1 aromatic carbocycles. The van der Waals surface area contributed by atoms with Crippen LogP contribution in [0.15, 0.2) is 23.0 Å². The molecule has 0 atom stereocenters. The summed E-state index contributed by atoms with van der Waals surface area (Å²) in [6, 6.07) is 7.95. The fraction of sp³-hybridized carbons (Fsp3) is 0.333. The summed E-state index contributed by atoms with van der Waals surface area (Å²) in [6.45, 7) is 1.52. The maximum absolute atomic E-state index is 11.1. The van der Waals surface area contributed by atoms with Crippen LogP contribution < -0.4 is 5.69 Å². The predicted molar refractivity (Wildman–Crippen MR) is 65.5 cm³/mol. The van der Waals surface area contributed by atoms with Crippen LogP contribution in [0, 0.1) is 11.3 Å². The molecule has 17 heavy (non-hydrogen) atoms. The highest BCUT2D eigenvalue weighted by atomic mass is 16.1. The Hall–Kier alpha value is -2.06. The molecule has 0 spiro atoms. The molecule has 0 radical (unpaired) electrons. The van der Waals surface area contributed by atoms with Gasteiger partial charge in [-0.3, -0.25) is 0 Å². The van der Waals surface area contributed by atoms with Crippen molar-refractivity contribution in [1.82, 2.24) is 14.9 Å². The number of benzene rings is 1. The SMILES string of the molecule is CN(CCC#N)Cc1ccc2[nH]c(=O)[nH]c2c1. The molecule has 0 bridgehead atoms. The highest BCUT2D eigenvalue weighted by molar-refractivity contribution is 5.74. The van der Waals surface area contributed by atoms with Crippen LogP contribution in [0.25, 0.3) is 11.0 Å². The van der Waals surface area contributed by atoms with Crippen molar-refractivity contribution in [2.45, 2.75) is 13.0 Å². The Bertz CT molecular complexity index is 605. The van der Waals surface area contributed by atoms with Gasteiger partial charge in [0.25, 0.3) is 0 Å². The number of aromatic amines is 2. The molecule has 2 N–H and O–H groups in total. The van der Waals surface area contributed by atoms with Gasteiger partial charge in [-0.2, -0.15) is 5.26 Å². The number of H-pyrrole nitrogens is 2. The van der Waals surface area contributed by atoms with Crippen LogP contribution in [0.1, 0.15) is 12.0 Å². The number of rotatable bonds is 4. The Morgan fingerprint density at radius 2 is 2.12 bits per heavy atom. The molecule has 0 aliphatic rings. The number of aromatic nitrogens is 2. The summed E-state index contributed by atoms with van der Waals surface area (Å²) in [4.78, 5) is 18.6. The zero-order valence-electron chi connectivity index (χ0n) is 9.66. The molecule has 2 rings (SSSR count). The number of hydrogen-bond acceptors (Lipinski definition) is 3. The van der Waals surface area contributed by atoms with Gasteiger partial charge < -0.3 is 14.9 Å². The predicted octanol–water partition coefficient (Wildman–Crippen LogP) is 1.20. The Kier molecular flexibility index (Phi) is 3.26. The van der Waals surface area contributed by atoms with Crippen molar-refractivity contribution in [2.75, 3.05) is 13.6 Å². The topological polar surface area (TPSA) is 75.7 Å². The summed E-state index contributed by atoms with van der Waals surface area (Å²) in [6.07, 6.45) is 0.528. The van der Waals surface area contributed by atoms with E-state index >= 15 is 0 Å². The largest absolute Gasteiger partial charge is 0.323 e. The minimum absolute atomic E-state index is 0.185. The number of nitrogens with one attached hydrogen (secondary N) is 2. The number of fused-ring (bicyclic) bond motifs is 1. The van der Waals surface area contributed by atoms with Crippen molar-refractivity contribution in [2.24, 2.45) is 0 Å². The maximum atomic E-state index is 11.1. The molecule has 1 heterocycles. The van der Waals surface area contributed by atoms with Crippen molar-refractivity contribution in [3.63, 3.8) is 0 Å². The first-order valence-electron chi connectivity index (χ1n) is 5.45. The van der Waals surface area contributed by atoms with Crippen LogP contribution in [0.5, 0.6) is 0 Å². The highest BCUT2D eigenvalue weighted by Crippen LogP contribution is 2.11. The van der Waals surface area contributed by atoms with E-state index in [1.165, 1.54) is 0 Å². The molecule has 0 unspecified atom stereocenters. The molecule has 2 aromatic rings. The zero-order chi connectivity index (χ0) is 12.3. The van der Waals surface area contributed by atoms with Gasteiger partial charge in [-0.1, -0.05) is 6.07 Å². The number of nitriles is 1. The van der Waals surface area contributed by atoms with E-state index in [2.05, 4.69) is 20.9 Å². The molecule has 0 amide bonds. The summed E-state index contributed by atoms with van der Waals surface area (Å²) in [7, 11) is 1.97. The number of hydrogen-bond donors (Lipinski definition) is 2. The lowest BCUT2D eigenvalue weighted by molar-refractivity contribution is 0.335. The number of imidazole rings is 1. The maximum Gasteiger partial charge on any atom is 0.323 e. The van der Waals surface area contributed by atoms with Crippen LogP contribution in [0.3, 0.4) is 0 Å². The Labute approximate surface area is 98.7 Å². The second-order valence-electron chi connectivity index (χ2n) is 4.10. The molecular weight excluding hydrogens is 216 g/mol. The summed E-state index contributed by atoms with van der Waals surface area (Å²) in [5.74, 6) is 0. The van der Waals surface area contributed by atoms with Crippen molar-refractivity contribution in [3.8, 4) is 6.07 Å². The lowest BCUT2D eigenvalue weighted by Gasteiger charge is -2.14. The minimum atomic E-state index is -0.185. The second-order valence-corrected chi connectivity index (χ2v) is 4.10. The fourth-order valence-corrected chi connectivity index (χ4v) is 1.81. The third kappa shape index (κ3) is 2.74. The van der Waals surface area contributed by atoms with Crippen molar-refractivity contribution in [3.05, 3.63) is 34.2 Å². The Balaban J connectivity index is 2.14. The van der Waals surface area contributed by atoms with Crippen LogP contribution in [0.2, 0.25) is 0 Å². The van der Waals surface area contributed by atoms with Gasteiger partial charge in [-0.15, -0.1) is 0 Å². The van der Waals surface area contributed by atoms with E-state index in [0.717, 1.165) is 29.7 Å². The van der Waals surface area contributed by atoms with E-state index in [0.29, 0.717) is 6.42 Å². The second kappa shape index (κ2) is 4.85. The minimum Gasteiger partial charge on any atom is -0.306 e. The van der Waals surface area contributed by atoms with Gasteiger partial charge in [0.05, 0.1) is 17.1 Å². The van der Waals surface area contributed by atoms with Crippen LogP contribution in [0.4, 0.5) is 0 Å². The first-order chi connectivity index (χ1) is 8.19. The smallest absolute Gasteiger partial charge is 0.306 e. The standard InChI is InChI=1S/C12H14N4O/c1-16(6-2-5-13)8-9-3-4-10-11(7-9)15-12(17)14-10/h3-4,7H,2,6,8H2,1H3,(H2,14,15,17). The van der Waals surface area contributed by atoms with Gasteiger partial charge in [0.1, 0.15) is 0 Å². The lowest BCUT2D eigenvalue weighted by Crippen LogP contribution is -2.18. The first-order valence-corrected chi connectivity index (χ1v) is 5.45. The molecule has 1 aromatic heterocycles.